The van der Waals surface area contributed by atoms with Gasteiger partial charge in [-0.05, 0) is 36.9 Å². The fraction of sp³-hybridized carbons (Fsp3) is 0.444. The van der Waals surface area contributed by atoms with Crippen LogP contribution >= 0.6 is 0 Å². The number of nitrogens with one attached hydrogen (secondary N) is 2. The number of aliphatic imine (C=N–C) groups is 1. The van der Waals surface area contributed by atoms with E-state index in [4.69, 9.17) is 21.6 Å². The van der Waals surface area contributed by atoms with Crippen LogP contribution in [-0.2, 0) is 10.2 Å². The molecule has 1 atom stereocenters. The molecule has 1 unspecified atom stereocenters. The first-order valence-corrected chi connectivity index (χ1v) is 8.86. The molecule has 2 aliphatic rings. The van der Waals surface area contributed by atoms with Gasteiger partial charge < -0.3 is 31.8 Å². The van der Waals surface area contributed by atoms with Crippen molar-refractivity contribution in [3.05, 3.63) is 29.5 Å². The maximum Gasteiger partial charge on any atom is 0.165 e. The van der Waals surface area contributed by atoms with E-state index in [1.165, 1.54) is 18.5 Å². The van der Waals surface area contributed by atoms with Crippen molar-refractivity contribution in [2.24, 2.45) is 16.5 Å². The average Bonchev–Trinajstić information content (AvgIpc) is 3.18. The lowest BCUT2D eigenvalue weighted by atomic mass is 9.79. The number of hydrogen-bond acceptors (Lipinski definition) is 8. The van der Waals surface area contributed by atoms with Crippen LogP contribution in [0, 0.1) is 16.7 Å². The van der Waals surface area contributed by atoms with E-state index in [1.54, 1.807) is 0 Å². The second-order valence-corrected chi connectivity index (χ2v) is 6.53. The van der Waals surface area contributed by atoms with Crippen LogP contribution in [-0.4, -0.2) is 56.4 Å². The van der Waals surface area contributed by atoms with Crippen LogP contribution in [0.4, 0.5) is 11.6 Å². The number of hydrogen-bond donors (Lipinski definition) is 4. The molecule has 3 rings (SSSR count). The predicted molar refractivity (Wildman–Crippen MR) is 105 cm³/mol. The zero-order valence-electron chi connectivity index (χ0n) is 15.1. The van der Waals surface area contributed by atoms with Crippen LogP contribution in [0.1, 0.15) is 17.5 Å². The molecule has 2 fully saturated rings. The smallest absolute Gasteiger partial charge is 0.165 e. The molecule has 1 aromatic rings. The summed E-state index contributed by atoms with van der Waals surface area (Å²) < 4.78 is 5.43. The third-order valence-electron chi connectivity index (χ3n) is 4.89. The number of rotatable bonds is 5. The van der Waals surface area contributed by atoms with Crippen LogP contribution in [0.15, 0.2) is 23.3 Å². The Kier molecular flexibility index (Phi) is 5.69. The van der Waals surface area contributed by atoms with E-state index in [0.29, 0.717) is 56.5 Å². The van der Waals surface area contributed by atoms with Crippen molar-refractivity contribution in [3.8, 4) is 6.07 Å². The SMILES string of the molecule is N#CC1(c2cc(N3CCOCC3)nc(/N=C(N)\C=C/N)c2C=N)CCNC1. The highest BCUT2D eigenvalue weighted by atomic mass is 16.5. The summed E-state index contributed by atoms with van der Waals surface area (Å²) in [4.78, 5) is 11.1. The number of amidine groups is 1. The van der Waals surface area contributed by atoms with Crippen LogP contribution < -0.4 is 21.7 Å². The Morgan fingerprint density at radius 2 is 2.26 bits per heavy atom. The van der Waals surface area contributed by atoms with Crippen LogP contribution in [0.25, 0.3) is 0 Å². The zero-order valence-corrected chi connectivity index (χ0v) is 15.1. The molecule has 6 N–H and O–H groups in total. The molecule has 0 aromatic carbocycles. The number of ether oxygens (including phenoxy) is 1. The van der Waals surface area contributed by atoms with Gasteiger partial charge in [-0.1, -0.05) is 0 Å². The number of aromatic nitrogens is 1. The van der Waals surface area contributed by atoms with E-state index >= 15 is 0 Å². The van der Waals surface area contributed by atoms with Crippen molar-refractivity contribution in [2.75, 3.05) is 44.3 Å². The molecule has 27 heavy (non-hydrogen) atoms. The van der Waals surface area contributed by atoms with E-state index in [-0.39, 0.29) is 5.84 Å². The number of pyridine rings is 1. The van der Waals surface area contributed by atoms with Gasteiger partial charge in [0, 0.05) is 31.4 Å². The van der Waals surface area contributed by atoms with Gasteiger partial charge in [0.1, 0.15) is 11.7 Å². The van der Waals surface area contributed by atoms with Gasteiger partial charge in [0.25, 0.3) is 0 Å². The van der Waals surface area contributed by atoms with E-state index in [9.17, 15) is 5.26 Å². The number of morpholine rings is 1. The van der Waals surface area contributed by atoms with Crippen molar-refractivity contribution in [3.63, 3.8) is 0 Å². The molecule has 9 nitrogen and oxygen atoms in total. The fourth-order valence-corrected chi connectivity index (χ4v) is 3.44. The summed E-state index contributed by atoms with van der Waals surface area (Å²) >= 11 is 0. The highest BCUT2D eigenvalue weighted by Gasteiger charge is 2.39. The standard InChI is InChI=1S/C18H24N8O/c19-3-1-15(22)24-17-13(10-20)14(18(11-21)2-4-23-12-18)9-16(25-17)26-5-7-27-8-6-26/h1,3,9-10,20,23H,2,4-8,12,19H2,(H2,22,24,25)/b3-1-,20-10?. The minimum absolute atomic E-state index is 0.189. The van der Waals surface area contributed by atoms with Gasteiger partial charge in [-0.15, -0.1) is 0 Å². The quantitative estimate of drug-likeness (QED) is 0.426. The van der Waals surface area contributed by atoms with E-state index in [2.05, 4.69) is 26.3 Å². The minimum atomic E-state index is -0.723. The number of nitriles is 1. The highest BCUT2D eigenvalue weighted by Crippen LogP contribution is 2.37. The number of nitrogens with two attached hydrogens (primary N) is 2. The second-order valence-electron chi connectivity index (χ2n) is 6.53. The first-order chi connectivity index (χ1) is 13.1. The Morgan fingerprint density at radius 3 is 2.85 bits per heavy atom. The number of anilines is 1. The summed E-state index contributed by atoms with van der Waals surface area (Å²) in [5, 5.41) is 21.1. The zero-order chi connectivity index (χ0) is 19.3. The second kappa shape index (κ2) is 8.16. The van der Waals surface area contributed by atoms with Crippen molar-refractivity contribution in [1.82, 2.24) is 10.3 Å². The Hall–Kier alpha value is -2.96. The minimum Gasteiger partial charge on any atom is -0.404 e. The molecule has 1 aromatic heterocycles. The Labute approximate surface area is 158 Å². The lowest BCUT2D eigenvalue weighted by Crippen LogP contribution is -2.37. The molecule has 2 aliphatic heterocycles. The van der Waals surface area contributed by atoms with Crippen molar-refractivity contribution >= 4 is 23.7 Å². The molecule has 2 saturated heterocycles. The van der Waals surface area contributed by atoms with Gasteiger partial charge >= 0.3 is 0 Å². The first-order valence-electron chi connectivity index (χ1n) is 8.86. The maximum atomic E-state index is 9.94. The van der Waals surface area contributed by atoms with Gasteiger partial charge in [0.05, 0.1) is 24.7 Å². The van der Waals surface area contributed by atoms with E-state index in [1.807, 2.05) is 6.07 Å². The molecule has 3 heterocycles. The Bertz CT molecular complexity index is 798. The summed E-state index contributed by atoms with van der Waals surface area (Å²) in [6.45, 7) is 3.91. The summed E-state index contributed by atoms with van der Waals surface area (Å²) in [5.41, 5.74) is 11.8. The largest absolute Gasteiger partial charge is 0.404 e. The van der Waals surface area contributed by atoms with Gasteiger partial charge in [-0.3, -0.25) is 0 Å². The Balaban J connectivity index is 2.19. The summed E-state index contributed by atoms with van der Waals surface area (Å²) in [6.07, 6.45) is 4.63. The molecular weight excluding hydrogens is 344 g/mol. The fourth-order valence-electron chi connectivity index (χ4n) is 3.44. The molecule has 0 bridgehead atoms. The van der Waals surface area contributed by atoms with E-state index in [0.717, 1.165) is 12.1 Å². The molecule has 0 saturated carbocycles. The lowest BCUT2D eigenvalue weighted by Gasteiger charge is -2.30. The molecule has 142 valence electrons. The molecule has 9 heteroatoms. The third-order valence-corrected chi connectivity index (χ3v) is 4.89. The van der Waals surface area contributed by atoms with Crippen LogP contribution in [0.5, 0.6) is 0 Å². The average molecular weight is 368 g/mol. The van der Waals surface area contributed by atoms with Gasteiger partial charge in [0.2, 0.25) is 0 Å². The van der Waals surface area contributed by atoms with Gasteiger partial charge in [-0.2, -0.15) is 5.26 Å². The Morgan fingerprint density at radius 1 is 1.48 bits per heavy atom. The molecule has 0 spiro atoms. The predicted octanol–water partition coefficient (Wildman–Crippen LogP) is 0.132. The summed E-state index contributed by atoms with van der Waals surface area (Å²) in [6, 6.07) is 4.37. The van der Waals surface area contributed by atoms with Crippen LogP contribution in [0.2, 0.25) is 0 Å². The maximum absolute atomic E-state index is 9.94. The topological polar surface area (TPSA) is 149 Å². The van der Waals surface area contributed by atoms with Crippen molar-refractivity contribution < 1.29 is 4.74 Å². The van der Waals surface area contributed by atoms with Crippen molar-refractivity contribution in [1.29, 1.82) is 10.7 Å². The van der Waals surface area contributed by atoms with Gasteiger partial charge in [-0.25, -0.2) is 9.98 Å². The van der Waals surface area contributed by atoms with E-state index < -0.39 is 5.41 Å². The number of nitrogens with zero attached hydrogens (tertiary/aromatic N) is 4. The van der Waals surface area contributed by atoms with Gasteiger partial charge in [0.15, 0.2) is 5.82 Å². The molecular formula is C18H24N8O. The monoisotopic (exact) mass is 368 g/mol. The molecule has 0 aliphatic carbocycles. The lowest BCUT2D eigenvalue weighted by molar-refractivity contribution is 0.122. The first kappa shape index (κ1) is 18.8. The molecule has 0 amide bonds. The van der Waals surface area contributed by atoms with Crippen LogP contribution in [0.3, 0.4) is 0 Å². The van der Waals surface area contributed by atoms with Crippen molar-refractivity contribution in [2.45, 2.75) is 11.8 Å². The highest BCUT2D eigenvalue weighted by molar-refractivity contribution is 5.96. The third kappa shape index (κ3) is 3.77. The normalized spacial score (nSPS) is 23.5. The summed E-state index contributed by atoms with van der Waals surface area (Å²) in [5.74, 6) is 1.22. The molecule has 0 radical (unpaired) electrons. The summed E-state index contributed by atoms with van der Waals surface area (Å²) in [7, 11) is 0.